The highest BCUT2D eigenvalue weighted by Crippen LogP contribution is 2.36. The summed E-state index contributed by atoms with van der Waals surface area (Å²) in [4.78, 5) is 16.8. The number of nitrogens with zero attached hydrogens (tertiary/aromatic N) is 4. The second-order valence-electron chi connectivity index (χ2n) is 8.22. The third-order valence-corrected chi connectivity index (χ3v) is 7.31. The van der Waals surface area contributed by atoms with Crippen molar-refractivity contribution < 1.29 is 8.42 Å². The molecule has 1 saturated carbocycles. The van der Waals surface area contributed by atoms with Gasteiger partial charge in [0.1, 0.15) is 0 Å². The zero-order chi connectivity index (χ0) is 20.4. The molecule has 3 heterocycles. The van der Waals surface area contributed by atoms with Crippen molar-refractivity contribution in [1.29, 1.82) is 0 Å². The fraction of sp³-hybridized carbons (Fsp3) is 0.421. The Hall–Kier alpha value is -2.72. The summed E-state index contributed by atoms with van der Waals surface area (Å²) in [5.74, 6) is 0.510. The Morgan fingerprint density at radius 2 is 2.14 bits per heavy atom. The van der Waals surface area contributed by atoms with Crippen molar-refractivity contribution in [2.24, 2.45) is 7.05 Å². The SMILES string of the molecule is Cn1cc(CC2CNc3nc(=O)c4cc(S(=O)(=O)NC5(C)CC5)ccc4n32)cn1. The summed E-state index contributed by atoms with van der Waals surface area (Å²) in [7, 11) is -1.82. The number of fused-ring (bicyclic) bond motifs is 3. The van der Waals surface area contributed by atoms with Crippen molar-refractivity contribution in [2.45, 2.75) is 42.7 Å². The van der Waals surface area contributed by atoms with Gasteiger partial charge in [-0.1, -0.05) is 0 Å². The number of rotatable bonds is 5. The lowest BCUT2D eigenvalue weighted by Gasteiger charge is -2.16. The Kier molecular flexibility index (Phi) is 3.88. The number of anilines is 1. The zero-order valence-electron chi connectivity index (χ0n) is 16.2. The minimum Gasteiger partial charge on any atom is -0.353 e. The summed E-state index contributed by atoms with van der Waals surface area (Å²) in [6.07, 6.45) is 6.15. The Morgan fingerprint density at radius 1 is 1.34 bits per heavy atom. The molecule has 3 aromatic rings. The third kappa shape index (κ3) is 3.22. The first-order valence-electron chi connectivity index (χ1n) is 9.56. The molecule has 10 heteroatoms. The van der Waals surface area contributed by atoms with E-state index < -0.39 is 15.6 Å². The van der Waals surface area contributed by atoms with Crippen LogP contribution in [-0.2, 0) is 23.5 Å². The Labute approximate surface area is 167 Å². The summed E-state index contributed by atoms with van der Waals surface area (Å²) in [5.41, 5.74) is 0.948. The van der Waals surface area contributed by atoms with E-state index in [0.29, 0.717) is 23.4 Å². The molecule has 0 saturated heterocycles. The van der Waals surface area contributed by atoms with E-state index in [0.717, 1.165) is 24.8 Å². The number of nitrogens with one attached hydrogen (secondary N) is 2. The highest BCUT2D eigenvalue weighted by Gasteiger charge is 2.41. The average molecular weight is 414 g/mol. The van der Waals surface area contributed by atoms with Crippen molar-refractivity contribution in [3.05, 3.63) is 46.5 Å². The standard InChI is InChI=1S/C19H22N6O3S/c1-19(5-6-19)23-29(27,28)14-3-4-16-15(8-14)17(26)22-18-20-10-13(25(16)18)7-12-9-21-24(2)11-12/h3-4,8-9,11,13,23H,5-7,10H2,1-2H3,(H,20,22,26). The van der Waals surface area contributed by atoms with Gasteiger partial charge in [-0.15, -0.1) is 0 Å². The highest BCUT2D eigenvalue weighted by molar-refractivity contribution is 7.89. The van der Waals surface area contributed by atoms with Gasteiger partial charge in [-0.05, 0) is 49.9 Å². The van der Waals surface area contributed by atoms with Gasteiger partial charge in [-0.3, -0.25) is 9.48 Å². The molecule has 0 bridgehead atoms. The van der Waals surface area contributed by atoms with Crippen LogP contribution in [0.4, 0.5) is 5.95 Å². The van der Waals surface area contributed by atoms with Gasteiger partial charge in [0, 0.05) is 25.3 Å². The molecule has 1 fully saturated rings. The van der Waals surface area contributed by atoms with E-state index in [4.69, 9.17) is 0 Å². The molecule has 2 aliphatic rings. The molecule has 9 nitrogen and oxygen atoms in total. The van der Waals surface area contributed by atoms with Gasteiger partial charge < -0.3 is 9.88 Å². The van der Waals surface area contributed by atoms with Crippen LogP contribution in [0, 0.1) is 0 Å². The van der Waals surface area contributed by atoms with E-state index >= 15 is 0 Å². The van der Waals surface area contributed by atoms with Crippen molar-refractivity contribution >= 4 is 26.9 Å². The smallest absolute Gasteiger partial charge is 0.282 e. The van der Waals surface area contributed by atoms with Crippen LogP contribution in [0.25, 0.3) is 10.9 Å². The predicted octanol–water partition coefficient (Wildman–Crippen LogP) is 1.17. The van der Waals surface area contributed by atoms with Crippen LogP contribution in [0.1, 0.15) is 31.4 Å². The number of aryl methyl sites for hydroxylation is 1. The maximum atomic E-state index is 12.7. The molecular formula is C19H22N6O3S. The zero-order valence-corrected chi connectivity index (χ0v) is 17.0. The monoisotopic (exact) mass is 414 g/mol. The van der Waals surface area contributed by atoms with Crippen molar-refractivity contribution in [3.63, 3.8) is 0 Å². The number of hydrogen-bond acceptors (Lipinski definition) is 6. The first kappa shape index (κ1) is 18.3. The van der Waals surface area contributed by atoms with Crippen molar-refractivity contribution in [1.82, 2.24) is 24.1 Å². The van der Waals surface area contributed by atoms with Crippen LogP contribution in [0.15, 0.2) is 40.3 Å². The molecule has 29 heavy (non-hydrogen) atoms. The van der Waals surface area contributed by atoms with E-state index in [2.05, 4.69) is 20.1 Å². The van der Waals surface area contributed by atoms with Gasteiger partial charge in [0.25, 0.3) is 5.56 Å². The quantitative estimate of drug-likeness (QED) is 0.648. The van der Waals surface area contributed by atoms with E-state index in [-0.39, 0.29) is 16.5 Å². The molecule has 1 atom stereocenters. The summed E-state index contributed by atoms with van der Waals surface area (Å²) in [6, 6.07) is 4.75. The van der Waals surface area contributed by atoms with Gasteiger partial charge in [0.15, 0.2) is 0 Å². The van der Waals surface area contributed by atoms with Gasteiger partial charge in [-0.2, -0.15) is 10.1 Å². The van der Waals surface area contributed by atoms with Gasteiger partial charge >= 0.3 is 0 Å². The van der Waals surface area contributed by atoms with Gasteiger partial charge in [-0.25, -0.2) is 13.1 Å². The van der Waals surface area contributed by atoms with E-state index in [1.54, 1.807) is 16.8 Å². The Morgan fingerprint density at radius 3 is 2.83 bits per heavy atom. The number of sulfonamides is 1. The molecule has 0 radical (unpaired) electrons. The minimum absolute atomic E-state index is 0.0516. The summed E-state index contributed by atoms with van der Waals surface area (Å²) >= 11 is 0. The predicted molar refractivity (Wildman–Crippen MR) is 108 cm³/mol. The van der Waals surface area contributed by atoms with E-state index in [9.17, 15) is 13.2 Å². The molecule has 0 spiro atoms. The molecule has 152 valence electrons. The van der Waals surface area contributed by atoms with Crippen LogP contribution >= 0.6 is 0 Å². The fourth-order valence-corrected chi connectivity index (χ4v) is 5.36. The van der Waals surface area contributed by atoms with Crippen molar-refractivity contribution in [3.8, 4) is 0 Å². The van der Waals surface area contributed by atoms with E-state index in [1.165, 1.54) is 6.07 Å². The molecule has 1 unspecified atom stereocenters. The Bertz CT molecular complexity index is 1290. The lowest BCUT2D eigenvalue weighted by Crippen LogP contribution is -2.34. The minimum atomic E-state index is -3.69. The number of aromatic nitrogens is 4. The van der Waals surface area contributed by atoms with Gasteiger partial charge in [0.2, 0.25) is 16.0 Å². The normalized spacial score (nSPS) is 19.9. The third-order valence-electron chi connectivity index (χ3n) is 5.68. The topological polar surface area (TPSA) is 111 Å². The summed E-state index contributed by atoms with van der Waals surface area (Å²) in [6.45, 7) is 2.52. The van der Waals surface area contributed by atoms with Crippen LogP contribution in [0.2, 0.25) is 0 Å². The average Bonchev–Trinajstić information content (AvgIpc) is 3.05. The number of hydrogen-bond donors (Lipinski definition) is 2. The molecule has 1 aromatic carbocycles. The highest BCUT2D eigenvalue weighted by atomic mass is 32.2. The van der Waals surface area contributed by atoms with Crippen LogP contribution in [0.3, 0.4) is 0 Å². The fourth-order valence-electron chi connectivity index (χ4n) is 3.87. The van der Waals surface area contributed by atoms with Gasteiger partial charge in [0.05, 0.1) is 28.0 Å². The molecule has 5 rings (SSSR count). The molecule has 0 amide bonds. The lowest BCUT2D eigenvalue weighted by molar-refractivity contribution is 0.558. The number of benzene rings is 1. The largest absolute Gasteiger partial charge is 0.353 e. The molecule has 2 aromatic heterocycles. The molecular weight excluding hydrogens is 392 g/mol. The molecule has 2 N–H and O–H groups in total. The maximum Gasteiger partial charge on any atom is 0.282 e. The lowest BCUT2D eigenvalue weighted by atomic mass is 10.1. The van der Waals surface area contributed by atoms with Crippen LogP contribution < -0.4 is 15.6 Å². The summed E-state index contributed by atoms with van der Waals surface area (Å²) < 4.78 is 31.9. The molecule has 1 aliphatic carbocycles. The second-order valence-corrected chi connectivity index (χ2v) is 9.90. The first-order valence-corrected chi connectivity index (χ1v) is 11.0. The van der Waals surface area contributed by atoms with Crippen LogP contribution in [0.5, 0.6) is 0 Å². The second kappa shape index (κ2) is 6.14. The van der Waals surface area contributed by atoms with Crippen LogP contribution in [-0.4, -0.2) is 39.8 Å². The maximum absolute atomic E-state index is 12.7. The first-order chi connectivity index (χ1) is 13.7. The Balaban J connectivity index is 1.57. The van der Waals surface area contributed by atoms with E-state index in [1.807, 2.05) is 30.9 Å². The molecule has 1 aliphatic heterocycles. The summed E-state index contributed by atoms with van der Waals surface area (Å²) in [5, 5.41) is 7.70. The van der Waals surface area contributed by atoms with Crippen molar-refractivity contribution in [2.75, 3.05) is 11.9 Å².